The molecule has 2 aliphatic rings. The maximum absolute atomic E-state index is 13.0. The summed E-state index contributed by atoms with van der Waals surface area (Å²) in [6.45, 7) is 0.257. The second-order valence-corrected chi connectivity index (χ2v) is 8.49. The van der Waals surface area contributed by atoms with E-state index in [0.29, 0.717) is 19.4 Å². The van der Waals surface area contributed by atoms with Crippen LogP contribution in [0.3, 0.4) is 0 Å². The van der Waals surface area contributed by atoms with E-state index in [4.69, 9.17) is 5.73 Å². The molecule has 180 valence electrons. The number of nitrogens with two attached hydrogens (primary N) is 1. The van der Waals surface area contributed by atoms with E-state index in [0.717, 1.165) is 5.56 Å². The number of amides is 3. The van der Waals surface area contributed by atoms with Crippen molar-refractivity contribution in [3.8, 4) is 0 Å². The van der Waals surface area contributed by atoms with Crippen molar-refractivity contribution in [1.29, 1.82) is 0 Å². The molecule has 2 heterocycles. The first-order chi connectivity index (χ1) is 15.8. The highest BCUT2D eigenvalue weighted by Gasteiger charge is 2.44. The van der Waals surface area contributed by atoms with Gasteiger partial charge in [0.1, 0.15) is 12.1 Å². The van der Waals surface area contributed by atoms with Gasteiger partial charge in [0, 0.05) is 31.6 Å². The van der Waals surface area contributed by atoms with Crippen LogP contribution in [0.25, 0.3) is 0 Å². The van der Waals surface area contributed by atoms with Crippen LogP contribution in [0.15, 0.2) is 30.3 Å². The number of nitrogens with zero attached hydrogens (tertiary/aromatic N) is 1. The van der Waals surface area contributed by atoms with Crippen LogP contribution in [-0.2, 0) is 25.6 Å². The molecule has 11 heteroatoms. The van der Waals surface area contributed by atoms with Crippen molar-refractivity contribution in [2.24, 2.45) is 5.73 Å². The van der Waals surface area contributed by atoms with Crippen LogP contribution in [0, 0.1) is 0 Å². The summed E-state index contributed by atoms with van der Waals surface area (Å²) < 4.78 is 0. The topological polar surface area (TPSA) is 174 Å². The van der Waals surface area contributed by atoms with Gasteiger partial charge >= 0.3 is 5.97 Å². The highest BCUT2D eigenvalue weighted by Crippen LogP contribution is 2.22. The summed E-state index contributed by atoms with van der Waals surface area (Å²) >= 11 is 0. The Kier molecular flexibility index (Phi) is 8.37. The van der Waals surface area contributed by atoms with Crippen molar-refractivity contribution in [3.05, 3.63) is 35.9 Å². The number of rotatable bonds is 9. The molecule has 33 heavy (non-hydrogen) atoms. The molecule has 2 saturated heterocycles. The zero-order chi connectivity index (χ0) is 24.0. The van der Waals surface area contributed by atoms with Crippen LogP contribution < -0.4 is 21.7 Å². The quantitative estimate of drug-likeness (QED) is 0.244. The van der Waals surface area contributed by atoms with Crippen LogP contribution in [0.1, 0.15) is 24.8 Å². The van der Waals surface area contributed by atoms with Crippen molar-refractivity contribution in [3.63, 3.8) is 0 Å². The molecule has 0 spiro atoms. The number of aliphatic hydroxyl groups is 1. The Bertz CT molecular complexity index is 866. The smallest absolute Gasteiger partial charge is 0.326 e. The van der Waals surface area contributed by atoms with E-state index >= 15 is 0 Å². The molecule has 2 fully saturated rings. The number of aliphatic carboxylic acids is 1. The maximum atomic E-state index is 13.0. The molecule has 0 bridgehead atoms. The second kappa shape index (κ2) is 11.2. The molecule has 0 saturated carbocycles. The molecule has 11 nitrogen and oxygen atoms in total. The van der Waals surface area contributed by atoms with E-state index in [-0.39, 0.29) is 37.9 Å². The second-order valence-electron chi connectivity index (χ2n) is 8.49. The van der Waals surface area contributed by atoms with E-state index in [1.165, 1.54) is 4.90 Å². The predicted molar refractivity (Wildman–Crippen MR) is 118 cm³/mol. The van der Waals surface area contributed by atoms with Gasteiger partial charge in [0.25, 0.3) is 0 Å². The molecule has 3 rings (SSSR count). The highest BCUT2D eigenvalue weighted by atomic mass is 16.4. The maximum Gasteiger partial charge on any atom is 0.326 e. The van der Waals surface area contributed by atoms with Crippen molar-refractivity contribution >= 4 is 23.7 Å². The Morgan fingerprint density at radius 3 is 2.52 bits per heavy atom. The van der Waals surface area contributed by atoms with Crippen LogP contribution in [-0.4, -0.2) is 88.7 Å². The molecule has 0 aliphatic carbocycles. The molecule has 7 N–H and O–H groups in total. The molecule has 1 aromatic rings. The van der Waals surface area contributed by atoms with Crippen LogP contribution in [0.5, 0.6) is 0 Å². The monoisotopic (exact) mass is 461 g/mol. The normalized spacial score (nSPS) is 25.5. The van der Waals surface area contributed by atoms with E-state index in [9.17, 15) is 29.4 Å². The fraction of sp³-hybridized carbons (Fsp3) is 0.545. The number of carbonyl (C=O) groups is 4. The SMILES string of the molecule is NCC(=O)N[C@@H]1CN[C@@H](C(=O)N2C[C@H](NC(=O)[C@H](O)CCc3ccccc3)C[C@H]2C(=O)O)C1. The van der Waals surface area contributed by atoms with E-state index in [1.54, 1.807) is 0 Å². The van der Waals surface area contributed by atoms with Gasteiger partial charge in [-0.25, -0.2) is 4.79 Å². The summed E-state index contributed by atoms with van der Waals surface area (Å²) in [5.41, 5.74) is 6.29. The Morgan fingerprint density at radius 1 is 1.12 bits per heavy atom. The van der Waals surface area contributed by atoms with Gasteiger partial charge in [-0.15, -0.1) is 0 Å². The number of carboxylic acid groups (broad SMARTS) is 1. The lowest BCUT2D eigenvalue weighted by Gasteiger charge is -2.25. The van der Waals surface area contributed by atoms with Crippen molar-refractivity contribution in [2.75, 3.05) is 19.6 Å². The van der Waals surface area contributed by atoms with E-state index in [2.05, 4.69) is 16.0 Å². The Labute approximate surface area is 191 Å². The minimum atomic E-state index is -1.23. The number of carboxylic acids is 1. The lowest BCUT2D eigenvalue weighted by molar-refractivity contribution is -0.148. The van der Waals surface area contributed by atoms with Gasteiger partial charge in [-0.3, -0.25) is 14.4 Å². The van der Waals surface area contributed by atoms with Gasteiger partial charge in [0.2, 0.25) is 17.7 Å². The first kappa shape index (κ1) is 24.6. The van der Waals surface area contributed by atoms with Crippen LogP contribution >= 0.6 is 0 Å². The first-order valence-corrected chi connectivity index (χ1v) is 11.1. The van der Waals surface area contributed by atoms with Gasteiger partial charge in [0.05, 0.1) is 12.6 Å². The van der Waals surface area contributed by atoms with Crippen LogP contribution in [0.4, 0.5) is 0 Å². The minimum absolute atomic E-state index is 0.0327. The summed E-state index contributed by atoms with van der Waals surface area (Å²) in [7, 11) is 0. The fourth-order valence-corrected chi connectivity index (χ4v) is 4.32. The number of hydrogen-bond donors (Lipinski definition) is 6. The predicted octanol–water partition coefficient (Wildman–Crippen LogP) is -2.04. The number of likely N-dealkylation sites (tertiary alicyclic amines) is 1. The molecular weight excluding hydrogens is 430 g/mol. The van der Waals surface area contributed by atoms with Gasteiger partial charge in [-0.05, 0) is 24.8 Å². The Hall–Kier alpha value is -3.02. The lowest BCUT2D eigenvalue weighted by Crippen LogP contribution is -2.49. The largest absolute Gasteiger partial charge is 0.480 e. The number of benzene rings is 1. The Morgan fingerprint density at radius 2 is 1.85 bits per heavy atom. The molecule has 2 aliphatic heterocycles. The number of hydrogen-bond acceptors (Lipinski definition) is 7. The first-order valence-electron chi connectivity index (χ1n) is 11.1. The van der Waals surface area contributed by atoms with Gasteiger partial charge < -0.3 is 36.8 Å². The highest BCUT2D eigenvalue weighted by molar-refractivity contribution is 5.89. The van der Waals surface area contributed by atoms with Crippen molar-refractivity contribution in [1.82, 2.24) is 20.9 Å². The van der Waals surface area contributed by atoms with Gasteiger partial charge in [-0.1, -0.05) is 30.3 Å². The molecule has 1 aromatic carbocycles. The lowest BCUT2D eigenvalue weighted by atomic mass is 10.1. The van der Waals surface area contributed by atoms with E-state index < -0.39 is 42.0 Å². The fourth-order valence-electron chi connectivity index (χ4n) is 4.32. The van der Waals surface area contributed by atoms with Crippen molar-refractivity contribution in [2.45, 2.75) is 56.0 Å². The summed E-state index contributed by atoms with van der Waals surface area (Å²) in [4.78, 5) is 49.9. The standard InChI is InChI=1S/C22H31N5O6/c23-10-19(29)25-14-8-16(24-11-14)21(31)27-12-15(9-17(27)22(32)33)26-20(30)18(28)7-6-13-4-2-1-3-5-13/h1-5,14-18,24,28H,6-12,23H2,(H,25,29)(H,26,30)(H,32,33)/t14-,15+,16+,17-,18+/m0/s1. The third-order valence-corrected chi connectivity index (χ3v) is 6.05. The molecule has 0 radical (unpaired) electrons. The van der Waals surface area contributed by atoms with Crippen molar-refractivity contribution < 1.29 is 29.4 Å². The number of carbonyl (C=O) groups excluding carboxylic acids is 3. The molecule has 0 aromatic heterocycles. The van der Waals surface area contributed by atoms with Crippen LogP contribution in [0.2, 0.25) is 0 Å². The molecule has 5 atom stereocenters. The van der Waals surface area contributed by atoms with Gasteiger partial charge in [-0.2, -0.15) is 0 Å². The number of aliphatic hydroxyl groups excluding tert-OH is 1. The summed E-state index contributed by atoms with van der Waals surface area (Å²) in [6.07, 6.45) is -0.102. The zero-order valence-electron chi connectivity index (χ0n) is 18.3. The third-order valence-electron chi connectivity index (χ3n) is 6.05. The zero-order valence-corrected chi connectivity index (χ0v) is 18.3. The Balaban J connectivity index is 1.53. The average Bonchev–Trinajstić information content (AvgIpc) is 3.45. The summed E-state index contributed by atoms with van der Waals surface area (Å²) in [6, 6.07) is 6.90. The number of aryl methyl sites for hydroxylation is 1. The summed E-state index contributed by atoms with van der Waals surface area (Å²) in [5, 5.41) is 28.2. The number of nitrogens with one attached hydrogen (secondary N) is 3. The summed E-state index contributed by atoms with van der Waals surface area (Å²) in [5.74, 6) is -2.46. The molecule has 3 amide bonds. The van der Waals surface area contributed by atoms with Gasteiger partial charge in [0.15, 0.2) is 0 Å². The average molecular weight is 462 g/mol. The molecule has 0 unspecified atom stereocenters. The minimum Gasteiger partial charge on any atom is -0.480 e. The van der Waals surface area contributed by atoms with E-state index in [1.807, 2.05) is 30.3 Å². The molecular formula is C22H31N5O6. The third kappa shape index (κ3) is 6.50.